The maximum absolute atomic E-state index is 10.9. The molecule has 5 N–H and O–H groups in total. The Hall–Kier alpha value is -1.65. The second-order valence-corrected chi connectivity index (χ2v) is 6.44. The third-order valence-electron chi connectivity index (χ3n) is 3.90. The first kappa shape index (κ1) is 26.6. The number of nitrogens with one attached hydrogen (secondary N) is 1. The Morgan fingerprint density at radius 3 is 2.27 bits per heavy atom. The average Bonchev–Trinajstić information content (AvgIpc) is 2.64. The summed E-state index contributed by atoms with van der Waals surface area (Å²) in [6, 6.07) is 0.290. The van der Waals surface area contributed by atoms with Crippen molar-refractivity contribution in [2.45, 2.75) is 71.8 Å². The Bertz CT molecular complexity index is 448. The molecule has 0 rings (SSSR count). The maximum Gasteiger partial charge on any atom is 0.129 e. The van der Waals surface area contributed by atoms with E-state index in [9.17, 15) is 4.79 Å². The van der Waals surface area contributed by atoms with Crippen LogP contribution in [0.2, 0.25) is 0 Å². The number of Topliss-reactive ketones (excluding diaryl/α,β-unsaturated/α-hetero) is 1. The number of likely N-dealkylation sites (N-methyl/N-ethyl adjacent to an activating group) is 1. The van der Waals surface area contributed by atoms with Gasteiger partial charge in [-0.25, -0.2) is 0 Å². The molecule has 4 nitrogen and oxygen atoms in total. The van der Waals surface area contributed by atoms with Crippen molar-refractivity contribution in [1.29, 1.82) is 0 Å². The van der Waals surface area contributed by atoms with E-state index >= 15 is 0 Å². The number of ketones is 1. The Balaban J connectivity index is 0. The topological polar surface area (TPSA) is 81.1 Å². The van der Waals surface area contributed by atoms with E-state index in [0.717, 1.165) is 45.1 Å². The third kappa shape index (κ3) is 18.7. The van der Waals surface area contributed by atoms with Gasteiger partial charge in [0, 0.05) is 12.5 Å². The highest BCUT2D eigenvalue weighted by Gasteiger charge is 2.03. The van der Waals surface area contributed by atoms with E-state index in [0.29, 0.717) is 12.5 Å². The zero-order valence-corrected chi connectivity index (χ0v) is 17.4. The van der Waals surface area contributed by atoms with Crippen LogP contribution in [0.1, 0.15) is 65.7 Å². The minimum atomic E-state index is 0.275. The van der Waals surface area contributed by atoms with E-state index in [-0.39, 0.29) is 5.78 Å². The van der Waals surface area contributed by atoms with Crippen LogP contribution in [0.4, 0.5) is 0 Å². The molecule has 0 aliphatic rings. The van der Waals surface area contributed by atoms with Crippen LogP contribution in [0.5, 0.6) is 0 Å². The van der Waals surface area contributed by atoms with Crippen molar-refractivity contribution in [2.75, 3.05) is 13.6 Å². The Kier molecular flexibility index (Phi) is 20.1. The molecule has 0 aromatic carbocycles. The number of hydrogen-bond donors (Lipinski definition) is 3. The largest absolute Gasteiger partial charge is 0.405 e. The van der Waals surface area contributed by atoms with Gasteiger partial charge in [-0.15, -0.1) is 0 Å². The molecular weight excluding hydrogens is 322 g/mol. The summed E-state index contributed by atoms with van der Waals surface area (Å²) >= 11 is 0. The van der Waals surface area contributed by atoms with Crippen molar-refractivity contribution in [3.63, 3.8) is 0 Å². The summed E-state index contributed by atoms with van der Waals surface area (Å²) in [6.07, 6.45) is 16.7. The van der Waals surface area contributed by atoms with Gasteiger partial charge in [0.2, 0.25) is 0 Å². The van der Waals surface area contributed by atoms with E-state index < -0.39 is 0 Å². The number of carbonyl (C=O) groups is 1. The lowest BCUT2D eigenvalue weighted by Gasteiger charge is -2.12. The van der Waals surface area contributed by atoms with Crippen LogP contribution in [0.15, 0.2) is 48.2 Å². The molecule has 1 atom stereocenters. The zero-order chi connectivity index (χ0) is 20.2. The first-order valence-electron chi connectivity index (χ1n) is 9.69. The fraction of sp³-hybridized carbons (Fsp3) is 0.591. The second-order valence-electron chi connectivity index (χ2n) is 6.44. The van der Waals surface area contributed by atoms with Gasteiger partial charge in [-0.2, -0.15) is 0 Å². The fourth-order valence-electron chi connectivity index (χ4n) is 2.15. The van der Waals surface area contributed by atoms with E-state index in [4.69, 9.17) is 11.5 Å². The maximum atomic E-state index is 10.9. The Morgan fingerprint density at radius 1 is 1.19 bits per heavy atom. The van der Waals surface area contributed by atoms with Crippen LogP contribution in [0, 0.1) is 0 Å². The van der Waals surface area contributed by atoms with Crippen LogP contribution in [-0.2, 0) is 4.79 Å². The quantitative estimate of drug-likeness (QED) is 0.335. The number of nitrogens with two attached hydrogens (primary N) is 2. The van der Waals surface area contributed by atoms with Crippen LogP contribution in [0.3, 0.4) is 0 Å². The van der Waals surface area contributed by atoms with Crippen molar-refractivity contribution < 1.29 is 4.79 Å². The first-order valence-corrected chi connectivity index (χ1v) is 9.69. The normalized spacial score (nSPS) is 13.3. The van der Waals surface area contributed by atoms with Crippen LogP contribution in [0.25, 0.3) is 0 Å². The predicted octanol–water partition coefficient (Wildman–Crippen LogP) is 4.39. The van der Waals surface area contributed by atoms with E-state index in [1.807, 2.05) is 19.2 Å². The van der Waals surface area contributed by atoms with Gasteiger partial charge in [0.15, 0.2) is 0 Å². The smallest absolute Gasteiger partial charge is 0.129 e. The number of allylic oxidation sites excluding steroid dienone is 4. The lowest BCUT2D eigenvalue weighted by Crippen LogP contribution is -2.22. The molecule has 0 spiro atoms. The Labute approximate surface area is 161 Å². The number of rotatable bonds is 13. The van der Waals surface area contributed by atoms with Gasteiger partial charge >= 0.3 is 0 Å². The molecule has 0 aromatic rings. The van der Waals surface area contributed by atoms with Crippen molar-refractivity contribution in [3.05, 3.63) is 48.2 Å². The molecule has 26 heavy (non-hydrogen) atoms. The van der Waals surface area contributed by atoms with E-state index in [1.54, 1.807) is 13.1 Å². The lowest BCUT2D eigenvalue weighted by molar-refractivity contribution is -0.117. The summed E-state index contributed by atoms with van der Waals surface area (Å²) in [7, 11) is 1.97. The molecule has 0 aliphatic heterocycles. The average molecular weight is 364 g/mol. The molecule has 0 radical (unpaired) electrons. The summed E-state index contributed by atoms with van der Waals surface area (Å²) in [4.78, 5) is 10.9. The Morgan fingerprint density at radius 2 is 1.81 bits per heavy atom. The van der Waals surface area contributed by atoms with Gasteiger partial charge in [-0.05, 0) is 77.4 Å². The highest BCUT2D eigenvalue weighted by atomic mass is 16.1. The molecule has 0 bridgehead atoms. The molecule has 0 aliphatic carbocycles. The van der Waals surface area contributed by atoms with Crippen LogP contribution in [-0.4, -0.2) is 25.4 Å². The van der Waals surface area contributed by atoms with Crippen LogP contribution < -0.4 is 16.8 Å². The third-order valence-corrected chi connectivity index (χ3v) is 3.90. The standard InChI is InChI=1S/C19H32N2O.C3H9N/c1-5-16(2)11-12-19(21-4)15-18(13-14-20)10-8-6-7-9-17(3)22;1-2-3-4/h5,11,13-15,19,21H,1,6-10,12,20H2,2-4H3;2-4H2,1H3/b14-13-,16-11-,18-15-;. The van der Waals surface area contributed by atoms with Gasteiger partial charge in [0.1, 0.15) is 5.78 Å². The minimum Gasteiger partial charge on any atom is -0.405 e. The highest BCUT2D eigenvalue weighted by molar-refractivity contribution is 5.75. The number of hydrogen-bond acceptors (Lipinski definition) is 4. The molecule has 0 fully saturated rings. The number of unbranched alkanes of at least 4 members (excludes halogenated alkanes) is 2. The molecule has 0 saturated carbocycles. The second kappa shape index (κ2) is 19.7. The molecule has 0 heterocycles. The van der Waals surface area contributed by atoms with Crippen LogP contribution >= 0.6 is 0 Å². The van der Waals surface area contributed by atoms with Crippen molar-refractivity contribution in [3.8, 4) is 0 Å². The molecule has 4 heteroatoms. The molecule has 0 saturated heterocycles. The van der Waals surface area contributed by atoms with Gasteiger partial charge in [-0.3, -0.25) is 0 Å². The molecule has 1 unspecified atom stereocenters. The molecule has 150 valence electrons. The van der Waals surface area contributed by atoms with Gasteiger partial charge in [0.05, 0.1) is 0 Å². The van der Waals surface area contributed by atoms with Gasteiger partial charge in [0.25, 0.3) is 0 Å². The SMILES string of the molecule is C=C/C(C)=C\CC(/C=C(\C=C/N)CCCCCC(C)=O)NC.CCCN. The zero-order valence-electron chi connectivity index (χ0n) is 17.4. The minimum absolute atomic E-state index is 0.275. The summed E-state index contributed by atoms with van der Waals surface area (Å²) in [5, 5.41) is 3.31. The summed E-state index contributed by atoms with van der Waals surface area (Å²) in [5.74, 6) is 0.275. The number of carbonyl (C=O) groups excluding carboxylic acids is 1. The molecule has 0 aromatic heterocycles. The van der Waals surface area contributed by atoms with Crippen molar-refractivity contribution in [1.82, 2.24) is 5.32 Å². The summed E-state index contributed by atoms with van der Waals surface area (Å²) in [5.41, 5.74) is 13.0. The molecular formula is C22H41N3O. The van der Waals surface area contributed by atoms with E-state index in [2.05, 4.69) is 37.9 Å². The summed E-state index contributed by atoms with van der Waals surface area (Å²) in [6.45, 7) is 10.4. The van der Waals surface area contributed by atoms with E-state index in [1.165, 1.54) is 11.1 Å². The lowest BCUT2D eigenvalue weighted by atomic mass is 10.0. The fourth-order valence-corrected chi connectivity index (χ4v) is 2.15. The summed E-state index contributed by atoms with van der Waals surface area (Å²) < 4.78 is 0. The molecule has 0 amide bonds. The van der Waals surface area contributed by atoms with Gasteiger partial charge < -0.3 is 21.6 Å². The van der Waals surface area contributed by atoms with Crippen molar-refractivity contribution in [2.24, 2.45) is 11.5 Å². The first-order chi connectivity index (χ1) is 12.4. The van der Waals surface area contributed by atoms with Crippen molar-refractivity contribution >= 4 is 5.78 Å². The predicted molar refractivity (Wildman–Crippen MR) is 116 cm³/mol. The monoisotopic (exact) mass is 363 g/mol. The van der Waals surface area contributed by atoms with Gasteiger partial charge in [-0.1, -0.05) is 43.7 Å². The highest BCUT2D eigenvalue weighted by Crippen LogP contribution is 2.14.